The van der Waals surface area contributed by atoms with Crippen molar-refractivity contribution in [2.75, 3.05) is 16.8 Å². The molecule has 2 rings (SSSR count). The molecule has 0 saturated heterocycles. The van der Waals surface area contributed by atoms with E-state index in [1.807, 2.05) is 46.8 Å². The first-order chi connectivity index (χ1) is 9.65. The van der Waals surface area contributed by atoms with Gasteiger partial charge in [-0.15, -0.1) is 0 Å². The molecule has 4 nitrogen and oxygen atoms in total. The first kappa shape index (κ1) is 15.7. The van der Waals surface area contributed by atoms with Crippen molar-refractivity contribution in [2.24, 2.45) is 0 Å². The van der Waals surface area contributed by atoms with Crippen LogP contribution in [0.1, 0.15) is 47.1 Å². The van der Waals surface area contributed by atoms with Crippen molar-refractivity contribution < 1.29 is 9.53 Å². The molecular weight excluding hydrogens is 264 g/mol. The Morgan fingerprint density at radius 1 is 1.38 bits per heavy atom. The Kier molecular flexibility index (Phi) is 3.91. The number of carbonyl (C=O) groups excluding carboxylic acids is 1. The normalized spacial score (nSPS) is 17.0. The predicted octanol–water partition coefficient (Wildman–Crippen LogP) is 4.19. The zero-order valence-corrected chi connectivity index (χ0v) is 13.9. The monoisotopic (exact) mass is 290 g/mol. The van der Waals surface area contributed by atoms with E-state index in [9.17, 15) is 4.79 Å². The Bertz CT molecular complexity index is 544. The van der Waals surface area contributed by atoms with Crippen LogP contribution in [0.2, 0.25) is 0 Å². The van der Waals surface area contributed by atoms with Gasteiger partial charge >= 0.3 is 6.09 Å². The summed E-state index contributed by atoms with van der Waals surface area (Å²) in [4.78, 5) is 14.4. The Hall–Kier alpha value is -1.71. The molecule has 1 aliphatic heterocycles. The summed E-state index contributed by atoms with van der Waals surface area (Å²) in [5, 5.41) is 3.47. The number of ether oxygens (including phenoxy) is 1. The number of hydrogen-bond acceptors (Lipinski definition) is 3. The fourth-order valence-electron chi connectivity index (χ4n) is 2.63. The molecule has 1 aromatic rings. The molecule has 0 aliphatic carbocycles. The van der Waals surface area contributed by atoms with Crippen LogP contribution in [0.25, 0.3) is 0 Å². The van der Waals surface area contributed by atoms with Gasteiger partial charge in [0.05, 0.1) is 16.9 Å². The number of aryl methyl sites for hydroxylation is 1. The van der Waals surface area contributed by atoms with Crippen LogP contribution in [0.15, 0.2) is 18.2 Å². The van der Waals surface area contributed by atoms with Gasteiger partial charge in [-0.25, -0.2) is 4.79 Å². The molecule has 0 fully saturated rings. The second-order valence-corrected chi connectivity index (χ2v) is 7.15. The highest BCUT2D eigenvalue weighted by Gasteiger charge is 2.39. The van der Waals surface area contributed by atoms with E-state index in [1.165, 1.54) is 5.56 Å². The molecule has 0 aromatic heterocycles. The minimum absolute atomic E-state index is 0.288. The molecule has 0 saturated carbocycles. The third-order valence-electron chi connectivity index (χ3n) is 3.63. The van der Waals surface area contributed by atoms with Crippen molar-refractivity contribution in [1.29, 1.82) is 0 Å². The van der Waals surface area contributed by atoms with E-state index < -0.39 is 5.60 Å². The predicted molar refractivity (Wildman–Crippen MR) is 87.1 cm³/mol. The largest absolute Gasteiger partial charge is 0.443 e. The minimum Gasteiger partial charge on any atom is -0.443 e. The number of carbonyl (C=O) groups is 1. The van der Waals surface area contributed by atoms with Crippen molar-refractivity contribution >= 4 is 17.5 Å². The van der Waals surface area contributed by atoms with Gasteiger partial charge in [0.25, 0.3) is 0 Å². The highest BCUT2D eigenvalue weighted by atomic mass is 16.6. The summed E-state index contributed by atoms with van der Waals surface area (Å²) in [7, 11) is 0. The lowest BCUT2D eigenvalue weighted by molar-refractivity contribution is 0.0546. The first-order valence-corrected chi connectivity index (χ1v) is 7.54. The molecule has 0 unspecified atom stereocenters. The number of amides is 1. The standard InChI is InChI=1S/C17H26N2O2/c1-7-12-9-8-10-13-14(12)18-11-17(5,6)19(13)15(20)21-16(2,3)4/h8-10,18H,7,11H2,1-6H3. The first-order valence-electron chi connectivity index (χ1n) is 7.54. The van der Waals surface area contributed by atoms with Gasteiger partial charge in [-0.2, -0.15) is 0 Å². The van der Waals surface area contributed by atoms with Gasteiger partial charge in [-0.1, -0.05) is 19.1 Å². The lowest BCUT2D eigenvalue weighted by Crippen LogP contribution is -2.56. The van der Waals surface area contributed by atoms with Gasteiger partial charge in [-0.05, 0) is 52.7 Å². The zero-order chi connectivity index (χ0) is 15.8. The zero-order valence-electron chi connectivity index (χ0n) is 13.9. The van der Waals surface area contributed by atoms with Crippen LogP contribution in [-0.4, -0.2) is 23.8 Å². The molecule has 0 bridgehead atoms. The van der Waals surface area contributed by atoms with Crippen molar-refractivity contribution in [3.8, 4) is 0 Å². The highest BCUT2D eigenvalue weighted by Crippen LogP contribution is 2.39. The summed E-state index contributed by atoms with van der Waals surface area (Å²) in [6, 6.07) is 6.07. The quantitative estimate of drug-likeness (QED) is 0.843. The van der Waals surface area contributed by atoms with Crippen LogP contribution in [0, 0.1) is 0 Å². The Morgan fingerprint density at radius 2 is 2.05 bits per heavy atom. The molecule has 1 heterocycles. The van der Waals surface area contributed by atoms with Gasteiger partial charge in [0.15, 0.2) is 0 Å². The van der Waals surface area contributed by atoms with Gasteiger partial charge < -0.3 is 10.1 Å². The lowest BCUT2D eigenvalue weighted by atomic mass is 9.96. The summed E-state index contributed by atoms with van der Waals surface area (Å²) in [5.74, 6) is 0. The Balaban J connectivity index is 2.46. The topological polar surface area (TPSA) is 41.6 Å². The smallest absolute Gasteiger partial charge is 0.415 e. The van der Waals surface area contributed by atoms with E-state index in [4.69, 9.17) is 4.74 Å². The lowest BCUT2D eigenvalue weighted by Gasteiger charge is -2.44. The summed E-state index contributed by atoms with van der Waals surface area (Å²) >= 11 is 0. The van der Waals surface area contributed by atoms with Crippen LogP contribution in [0.5, 0.6) is 0 Å². The third-order valence-corrected chi connectivity index (χ3v) is 3.63. The van der Waals surface area contributed by atoms with Crippen LogP contribution in [0.3, 0.4) is 0 Å². The maximum atomic E-state index is 12.7. The fourth-order valence-corrected chi connectivity index (χ4v) is 2.63. The second kappa shape index (κ2) is 5.24. The van der Waals surface area contributed by atoms with Crippen LogP contribution in [-0.2, 0) is 11.2 Å². The molecule has 1 amide bonds. The van der Waals surface area contributed by atoms with Gasteiger partial charge in [-0.3, -0.25) is 4.90 Å². The number of fused-ring (bicyclic) bond motifs is 1. The Morgan fingerprint density at radius 3 is 2.62 bits per heavy atom. The third kappa shape index (κ3) is 3.14. The number of benzene rings is 1. The molecule has 0 radical (unpaired) electrons. The van der Waals surface area contributed by atoms with Crippen LogP contribution in [0.4, 0.5) is 16.2 Å². The number of nitrogens with zero attached hydrogens (tertiary/aromatic N) is 1. The van der Waals surface area contributed by atoms with Crippen molar-refractivity contribution in [1.82, 2.24) is 0 Å². The van der Waals surface area contributed by atoms with Gasteiger partial charge in [0, 0.05) is 6.54 Å². The van der Waals surface area contributed by atoms with E-state index in [1.54, 1.807) is 4.90 Å². The molecular formula is C17H26N2O2. The molecule has 1 aliphatic rings. The molecule has 0 spiro atoms. The van der Waals surface area contributed by atoms with Crippen LogP contribution >= 0.6 is 0 Å². The molecule has 4 heteroatoms. The van der Waals surface area contributed by atoms with E-state index in [-0.39, 0.29) is 11.6 Å². The number of anilines is 2. The average Bonchev–Trinajstić information content (AvgIpc) is 2.34. The average molecular weight is 290 g/mol. The molecule has 0 atom stereocenters. The number of hydrogen-bond donors (Lipinski definition) is 1. The highest BCUT2D eigenvalue weighted by molar-refractivity contribution is 5.96. The number of para-hydroxylation sites is 1. The number of nitrogens with one attached hydrogen (secondary N) is 1. The minimum atomic E-state index is -0.499. The van der Waals surface area contributed by atoms with E-state index in [0.717, 1.165) is 17.8 Å². The van der Waals surface area contributed by atoms with E-state index in [0.29, 0.717) is 6.54 Å². The molecule has 21 heavy (non-hydrogen) atoms. The van der Waals surface area contributed by atoms with Crippen molar-refractivity contribution in [3.05, 3.63) is 23.8 Å². The molecule has 116 valence electrons. The SMILES string of the molecule is CCc1cccc2c1NCC(C)(C)N2C(=O)OC(C)(C)C. The molecule has 1 N–H and O–H groups in total. The summed E-state index contributed by atoms with van der Waals surface area (Å²) < 4.78 is 5.60. The van der Waals surface area contributed by atoms with E-state index in [2.05, 4.69) is 18.3 Å². The van der Waals surface area contributed by atoms with E-state index >= 15 is 0 Å². The summed E-state index contributed by atoms with van der Waals surface area (Å²) in [6.45, 7) is 12.6. The van der Waals surface area contributed by atoms with Crippen molar-refractivity contribution in [3.63, 3.8) is 0 Å². The summed E-state index contributed by atoms with van der Waals surface area (Å²) in [6.07, 6.45) is 0.641. The number of rotatable bonds is 1. The van der Waals surface area contributed by atoms with Crippen LogP contribution < -0.4 is 10.2 Å². The van der Waals surface area contributed by atoms with Crippen molar-refractivity contribution in [2.45, 2.75) is 59.1 Å². The fraction of sp³-hybridized carbons (Fsp3) is 0.588. The maximum absolute atomic E-state index is 12.7. The van der Waals surface area contributed by atoms with Gasteiger partial charge in [0.1, 0.15) is 5.60 Å². The summed E-state index contributed by atoms with van der Waals surface area (Å²) in [5.41, 5.74) is 2.34. The maximum Gasteiger partial charge on any atom is 0.415 e. The Labute approximate surface area is 127 Å². The second-order valence-electron chi connectivity index (χ2n) is 7.15. The van der Waals surface area contributed by atoms with Gasteiger partial charge in [0.2, 0.25) is 0 Å². The molecule has 1 aromatic carbocycles.